The minimum atomic E-state index is -0.434. The van der Waals surface area contributed by atoms with Gasteiger partial charge >= 0.3 is 0 Å². The number of benzene rings is 2. The van der Waals surface area contributed by atoms with E-state index in [1.165, 1.54) is 6.07 Å². The van der Waals surface area contributed by atoms with Crippen LogP contribution in [-0.2, 0) is 11.2 Å². The van der Waals surface area contributed by atoms with Gasteiger partial charge in [0, 0.05) is 24.0 Å². The van der Waals surface area contributed by atoms with Crippen molar-refractivity contribution in [3.63, 3.8) is 0 Å². The molecule has 2 aromatic carbocycles. The van der Waals surface area contributed by atoms with E-state index in [0.29, 0.717) is 33.5 Å². The molecule has 4 rings (SSSR count). The Labute approximate surface area is 161 Å². The lowest BCUT2D eigenvalue weighted by atomic mass is 9.96. The fourth-order valence-electron chi connectivity index (χ4n) is 3.13. The lowest BCUT2D eigenvalue weighted by Gasteiger charge is -2.11. The molecule has 144 valence electrons. The third kappa shape index (κ3) is 3.47. The van der Waals surface area contributed by atoms with Crippen molar-refractivity contribution in [1.29, 1.82) is 0 Å². The number of nitrogens with zero attached hydrogens (tertiary/aromatic N) is 1. The van der Waals surface area contributed by atoms with Gasteiger partial charge in [-0.1, -0.05) is 11.2 Å². The summed E-state index contributed by atoms with van der Waals surface area (Å²) in [5, 5.41) is 10.1. The molecule has 1 aromatic heterocycles. The zero-order chi connectivity index (χ0) is 19.8. The maximum absolute atomic E-state index is 14.5. The third-order valence-electron chi connectivity index (χ3n) is 4.98. The highest BCUT2D eigenvalue weighted by Crippen LogP contribution is 2.31. The van der Waals surface area contributed by atoms with Crippen molar-refractivity contribution in [3.05, 3.63) is 53.0 Å². The predicted molar refractivity (Wildman–Crippen MR) is 102 cm³/mol. The van der Waals surface area contributed by atoms with Gasteiger partial charge in [0.15, 0.2) is 5.58 Å². The summed E-state index contributed by atoms with van der Waals surface area (Å²) in [5.41, 5.74) is 3.13. The molecule has 28 heavy (non-hydrogen) atoms. The molecule has 0 radical (unpaired) electrons. The van der Waals surface area contributed by atoms with E-state index in [2.05, 4.69) is 15.8 Å². The first kappa shape index (κ1) is 18.2. The van der Waals surface area contributed by atoms with Crippen molar-refractivity contribution in [1.82, 2.24) is 15.8 Å². The number of halogens is 1. The zero-order valence-electron chi connectivity index (χ0n) is 15.6. The lowest BCUT2D eigenvalue weighted by molar-refractivity contribution is -0.120. The number of carbonyl (C=O) groups excluding carboxylic acids is 2. The molecular weight excluding hydrogens is 361 g/mol. The van der Waals surface area contributed by atoms with Gasteiger partial charge in [0.1, 0.15) is 11.5 Å². The Morgan fingerprint density at radius 2 is 2.04 bits per heavy atom. The molecule has 1 aliphatic carbocycles. The van der Waals surface area contributed by atoms with Crippen LogP contribution in [0.1, 0.15) is 34.5 Å². The standard InChI is InChI=1S/C21H20FN3O3/c1-11-16(7-13(8-17(11)22)21(27)24-14-4-5-14)12-3-6-15-18(10-20(26)23-2)25-28-19(15)9-12/h3,6-9,14H,4-5,10H2,1-2H3,(H,23,26)(H,24,27). The molecule has 0 atom stereocenters. The maximum Gasteiger partial charge on any atom is 0.251 e. The molecule has 1 heterocycles. The van der Waals surface area contributed by atoms with Crippen LogP contribution in [-0.4, -0.2) is 30.1 Å². The fraction of sp³-hybridized carbons (Fsp3) is 0.286. The molecule has 0 spiro atoms. The largest absolute Gasteiger partial charge is 0.359 e. The number of aromatic nitrogens is 1. The van der Waals surface area contributed by atoms with Gasteiger partial charge in [-0.25, -0.2) is 4.39 Å². The summed E-state index contributed by atoms with van der Waals surface area (Å²) in [4.78, 5) is 23.9. The highest BCUT2D eigenvalue weighted by Gasteiger charge is 2.24. The normalized spacial score (nSPS) is 13.5. The number of fused-ring (bicyclic) bond motifs is 1. The van der Waals surface area contributed by atoms with E-state index in [1.54, 1.807) is 32.2 Å². The Kier molecular flexibility index (Phi) is 4.58. The number of hydrogen-bond donors (Lipinski definition) is 2. The number of carbonyl (C=O) groups is 2. The first-order valence-electron chi connectivity index (χ1n) is 9.16. The van der Waals surface area contributed by atoms with E-state index in [9.17, 15) is 14.0 Å². The summed E-state index contributed by atoms with van der Waals surface area (Å²) in [6.45, 7) is 1.68. The Bertz CT molecular complexity index is 1090. The summed E-state index contributed by atoms with van der Waals surface area (Å²) in [6.07, 6.45) is 2.05. The van der Waals surface area contributed by atoms with Gasteiger partial charge in [-0.2, -0.15) is 0 Å². The zero-order valence-corrected chi connectivity index (χ0v) is 15.6. The first-order valence-corrected chi connectivity index (χ1v) is 9.16. The summed E-state index contributed by atoms with van der Waals surface area (Å²) in [5.74, 6) is -0.862. The minimum absolute atomic E-state index is 0.118. The van der Waals surface area contributed by atoms with E-state index in [0.717, 1.165) is 18.2 Å². The van der Waals surface area contributed by atoms with Crippen LogP contribution in [0.5, 0.6) is 0 Å². The van der Waals surface area contributed by atoms with Crippen LogP contribution in [0.2, 0.25) is 0 Å². The molecule has 2 N–H and O–H groups in total. The highest BCUT2D eigenvalue weighted by molar-refractivity contribution is 5.97. The van der Waals surface area contributed by atoms with Gasteiger partial charge in [0.05, 0.1) is 6.42 Å². The van der Waals surface area contributed by atoms with Gasteiger partial charge < -0.3 is 15.2 Å². The van der Waals surface area contributed by atoms with Crippen LogP contribution in [0.25, 0.3) is 22.1 Å². The van der Waals surface area contributed by atoms with Gasteiger partial charge in [-0.15, -0.1) is 0 Å². The second kappa shape index (κ2) is 7.07. The minimum Gasteiger partial charge on any atom is -0.359 e. The van der Waals surface area contributed by atoms with Crippen LogP contribution in [0.15, 0.2) is 34.9 Å². The summed E-state index contributed by atoms with van der Waals surface area (Å²) < 4.78 is 19.8. The number of nitrogens with one attached hydrogen (secondary N) is 2. The summed E-state index contributed by atoms with van der Waals surface area (Å²) in [7, 11) is 1.56. The predicted octanol–water partition coefficient (Wildman–Crippen LogP) is 3.12. The highest BCUT2D eigenvalue weighted by atomic mass is 19.1. The van der Waals surface area contributed by atoms with E-state index in [-0.39, 0.29) is 24.3 Å². The van der Waals surface area contributed by atoms with Gasteiger partial charge in [-0.05, 0) is 60.7 Å². The van der Waals surface area contributed by atoms with E-state index in [1.807, 2.05) is 6.07 Å². The molecule has 1 aliphatic rings. The van der Waals surface area contributed by atoms with Crippen molar-refractivity contribution in [2.24, 2.45) is 0 Å². The van der Waals surface area contributed by atoms with Crippen LogP contribution >= 0.6 is 0 Å². The molecule has 1 saturated carbocycles. The van der Waals surface area contributed by atoms with Crippen LogP contribution in [0.3, 0.4) is 0 Å². The first-order chi connectivity index (χ1) is 13.5. The van der Waals surface area contributed by atoms with Gasteiger partial charge in [0.2, 0.25) is 5.91 Å². The van der Waals surface area contributed by atoms with Crippen LogP contribution in [0.4, 0.5) is 4.39 Å². The molecule has 1 fully saturated rings. The van der Waals surface area contributed by atoms with Crippen molar-refractivity contribution in [2.75, 3.05) is 7.05 Å². The van der Waals surface area contributed by atoms with Crippen molar-refractivity contribution >= 4 is 22.8 Å². The molecule has 7 heteroatoms. The smallest absolute Gasteiger partial charge is 0.251 e. The third-order valence-corrected chi connectivity index (χ3v) is 4.98. The number of amides is 2. The van der Waals surface area contributed by atoms with Crippen molar-refractivity contribution in [3.8, 4) is 11.1 Å². The molecule has 3 aromatic rings. The Hall–Kier alpha value is -3.22. The fourth-order valence-corrected chi connectivity index (χ4v) is 3.13. The van der Waals surface area contributed by atoms with Gasteiger partial charge in [-0.3, -0.25) is 9.59 Å². The van der Waals surface area contributed by atoms with Gasteiger partial charge in [0.25, 0.3) is 5.91 Å². The molecular formula is C21H20FN3O3. The lowest BCUT2D eigenvalue weighted by Crippen LogP contribution is -2.25. The number of hydrogen-bond acceptors (Lipinski definition) is 4. The molecule has 6 nitrogen and oxygen atoms in total. The molecule has 2 amide bonds. The monoisotopic (exact) mass is 381 g/mol. The molecule has 0 aliphatic heterocycles. The van der Waals surface area contributed by atoms with Crippen LogP contribution < -0.4 is 10.6 Å². The van der Waals surface area contributed by atoms with E-state index < -0.39 is 5.82 Å². The molecule has 0 unspecified atom stereocenters. The average Bonchev–Trinajstić information content (AvgIpc) is 3.42. The maximum atomic E-state index is 14.5. The average molecular weight is 381 g/mol. The molecule has 0 bridgehead atoms. The Morgan fingerprint density at radius 3 is 2.75 bits per heavy atom. The Morgan fingerprint density at radius 1 is 1.25 bits per heavy atom. The summed E-state index contributed by atoms with van der Waals surface area (Å²) in [6, 6.07) is 8.53. The number of rotatable bonds is 5. The van der Waals surface area contributed by atoms with Crippen LogP contribution in [0, 0.1) is 12.7 Å². The molecule has 0 saturated heterocycles. The topological polar surface area (TPSA) is 84.2 Å². The quantitative estimate of drug-likeness (QED) is 0.711. The Balaban J connectivity index is 1.71. The summed E-state index contributed by atoms with van der Waals surface area (Å²) >= 11 is 0. The van der Waals surface area contributed by atoms with E-state index in [4.69, 9.17) is 4.52 Å². The SMILES string of the molecule is CNC(=O)Cc1noc2cc(-c3cc(C(=O)NC4CC4)cc(F)c3C)ccc12. The van der Waals surface area contributed by atoms with Crippen molar-refractivity contribution < 1.29 is 18.5 Å². The second-order valence-electron chi connectivity index (χ2n) is 7.07. The second-order valence-corrected chi connectivity index (χ2v) is 7.07. The van der Waals surface area contributed by atoms with E-state index >= 15 is 0 Å². The van der Waals surface area contributed by atoms with Crippen molar-refractivity contribution in [2.45, 2.75) is 32.2 Å². The number of likely N-dealkylation sites (N-methyl/N-ethyl adjacent to an activating group) is 1.